The topological polar surface area (TPSA) is 136 Å². The maximum absolute atomic E-state index is 14.2. The predicted octanol–water partition coefficient (Wildman–Crippen LogP) is 6.10. The molecule has 11 heteroatoms. The Morgan fingerprint density at radius 3 is 2.40 bits per heavy atom. The van der Waals surface area contributed by atoms with Crippen molar-refractivity contribution in [2.75, 3.05) is 6.54 Å². The van der Waals surface area contributed by atoms with E-state index < -0.39 is 17.3 Å². The van der Waals surface area contributed by atoms with Gasteiger partial charge in [-0.25, -0.2) is 8.78 Å². The van der Waals surface area contributed by atoms with Gasteiger partial charge >= 0.3 is 0 Å². The molecule has 2 aromatic rings. The van der Waals surface area contributed by atoms with Crippen molar-refractivity contribution in [3.05, 3.63) is 70.8 Å². The summed E-state index contributed by atoms with van der Waals surface area (Å²) in [6, 6.07) is 10.2. The Bertz CT molecular complexity index is 1390. The fraction of sp³-hybridized carbons (Fsp3) is 0.484. The van der Waals surface area contributed by atoms with Crippen LogP contribution in [-0.4, -0.2) is 40.5 Å². The van der Waals surface area contributed by atoms with E-state index >= 15 is 0 Å². The number of aliphatic imine (C=N–C) groups is 1. The Balaban J connectivity index is 1.68. The Labute approximate surface area is 245 Å². The minimum atomic E-state index is -1.02. The van der Waals surface area contributed by atoms with E-state index in [1.807, 2.05) is 24.0 Å². The summed E-state index contributed by atoms with van der Waals surface area (Å²) in [6.45, 7) is 8.61. The monoisotopic (exact) mass is 579 g/mol. The molecule has 1 spiro atoms. The molecule has 0 saturated heterocycles. The van der Waals surface area contributed by atoms with Crippen LogP contribution in [0.1, 0.15) is 93.7 Å². The van der Waals surface area contributed by atoms with E-state index in [4.69, 9.17) is 16.2 Å². The van der Waals surface area contributed by atoms with Crippen LogP contribution in [0, 0.1) is 28.4 Å². The third kappa shape index (κ3) is 6.39. The van der Waals surface area contributed by atoms with Gasteiger partial charge in [0.25, 0.3) is 11.8 Å². The highest BCUT2D eigenvalue weighted by molar-refractivity contribution is 6.46. The van der Waals surface area contributed by atoms with E-state index in [1.165, 1.54) is 6.07 Å². The number of nitrogens with zero attached hydrogens (tertiary/aromatic N) is 4. The van der Waals surface area contributed by atoms with Crippen molar-refractivity contribution in [2.45, 2.75) is 77.9 Å². The Morgan fingerprint density at radius 2 is 1.83 bits per heavy atom. The number of nitrogens with two attached hydrogens (primary N) is 1. The number of nitrogens with one attached hydrogen (secondary N) is 2. The SMILES string of the molecule is CCCC(c1ccc(C(=O)NCC(=N)N=NN)cc1)N1C(=O)C(c2ccc(F)c(F)c2)=NC12CCC(C(C)(C)C)CC2. The predicted molar refractivity (Wildman–Crippen MR) is 157 cm³/mol. The summed E-state index contributed by atoms with van der Waals surface area (Å²) in [7, 11) is 0. The van der Waals surface area contributed by atoms with E-state index in [9.17, 15) is 18.4 Å². The number of halogens is 2. The lowest BCUT2D eigenvalue weighted by Crippen LogP contribution is -2.51. The highest BCUT2D eigenvalue weighted by atomic mass is 19.2. The lowest BCUT2D eigenvalue weighted by Gasteiger charge is -2.47. The van der Waals surface area contributed by atoms with Crippen LogP contribution >= 0.6 is 0 Å². The van der Waals surface area contributed by atoms with Crippen molar-refractivity contribution in [1.29, 1.82) is 5.41 Å². The van der Waals surface area contributed by atoms with E-state index in [2.05, 4.69) is 36.4 Å². The zero-order valence-electron chi connectivity index (χ0n) is 24.6. The third-order valence-corrected chi connectivity index (χ3v) is 8.42. The summed E-state index contributed by atoms with van der Waals surface area (Å²) in [5.41, 5.74) is 0.973. The second kappa shape index (κ2) is 12.5. The number of hydrogen-bond acceptors (Lipinski definition) is 5. The number of carbonyl (C=O) groups is 2. The summed E-state index contributed by atoms with van der Waals surface area (Å²) in [5.74, 6) is 2.55. The van der Waals surface area contributed by atoms with Crippen LogP contribution in [0.5, 0.6) is 0 Å². The zero-order valence-corrected chi connectivity index (χ0v) is 24.6. The minimum absolute atomic E-state index is 0.118. The van der Waals surface area contributed by atoms with Gasteiger partial charge in [-0.1, -0.05) is 51.5 Å². The van der Waals surface area contributed by atoms with Crippen LogP contribution in [0.15, 0.2) is 57.8 Å². The molecule has 1 heterocycles. The van der Waals surface area contributed by atoms with Gasteiger partial charge in [0.2, 0.25) is 0 Å². The molecule has 2 aromatic carbocycles. The largest absolute Gasteiger partial charge is 0.345 e. The van der Waals surface area contributed by atoms with Crippen molar-refractivity contribution in [1.82, 2.24) is 10.2 Å². The van der Waals surface area contributed by atoms with Crippen molar-refractivity contribution in [3.8, 4) is 0 Å². The maximum Gasteiger partial charge on any atom is 0.275 e. The third-order valence-electron chi connectivity index (χ3n) is 8.42. The molecule has 4 N–H and O–H groups in total. The number of amidine groups is 1. The molecule has 2 amide bonds. The lowest BCUT2D eigenvalue weighted by molar-refractivity contribution is -0.133. The van der Waals surface area contributed by atoms with E-state index in [0.717, 1.165) is 37.0 Å². The van der Waals surface area contributed by atoms with Gasteiger partial charge in [-0.05, 0) is 79.3 Å². The number of amides is 2. The normalized spacial score (nSPS) is 21.6. The van der Waals surface area contributed by atoms with Crippen LogP contribution in [0.3, 0.4) is 0 Å². The molecule has 0 aromatic heterocycles. The zero-order chi connectivity index (χ0) is 30.7. The van der Waals surface area contributed by atoms with Crippen molar-refractivity contribution < 1.29 is 18.4 Å². The number of hydrogen-bond donors (Lipinski definition) is 3. The number of rotatable bonds is 8. The second-order valence-corrected chi connectivity index (χ2v) is 12.2. The van der Waals surface area contributed by atoms with Gasteiger partial charge < -0.3 is 16.1 Å². The molecular formula is C31H39F2N7O2. The average molecular weight is 580 g/mol. The van der Waals surface area contributed by atoms with Gasteiger partial charge in [0.05, 0.1) is 12.6 Å². The molecule has 9 nitrogen and oxygen atoms in total. The van der Waals surface area contributed by atoms with Gasteiger partial charge in [-0.15, -0.1) is 5.11 Å². The molecule has 0 bridgehead atoms. The number of carbonyl (C=O) groups excluding carboxylic acids is 2. The number of benzene rings is 2. The van der Waals surface area contributed by atoms with Gasteiger partial charge in [0.1, 0.15) is 11.4 Å². The van der Waals surface area contributed by atoms with E-state index in [-0.39, 0.29) is 46.9 Å². The van der Waals surface area contributed by atoms with Crippen LogP contribution in [0.4, 0.5) is 8.78 Å². The van der Waals surface area contributed by atoms with Crippen molar-refractivity contribution in [2.24, 2.45) is 32.5 Å². The first-order valence-electron chi connectivity index (χ1n) is 14.4. The molecule has 1 unspecified atom stereocenters. The van der Waals surface area contributed by atoms with Crippen LogP contribution in [0.25, 0.3) is 0 Å². The smallest absolute Gasteiger partial charge is 0.275 e. The first kappa shape index (κ1) is 30.9. The van der Waals surface area contributed by atoms with Gasteiger partial charge in [0, 0.05) is 11.1 Å². The van der Waals surface area contributed by atoms with Crippen molar-refractivity contribution in [3.63, 3.8) is 0 Å². The molecule has 42 heavy (non-hydrogen) atoms. The van der Waals surface area contributed by atoms with Gasteiger partial charge in [-0.3, -0.25) is 20.0 Å². The van der Waals surface area contributed by atoms with Crippen molar-refractivity contribution >= 4 is 23.4 Å². The Morgan fingerprint density at radius 1 is 1.17 bits per heavy atom. The summed E-state index contributed by atoms with van der Waals surface area (Å²) in [6.07, 6.45) is 4.55. The lowest BCUT2D eigenvalue weighted by atomic mass is 9.69. The first-order chi connectivity index (χ1) is 19.9. The summed E-state index contributed by atoms with van der Waals surface area (Å²) < 4.78 is 28.0. The summed E-state index contributed by atoms with van der Waals surface area (Å²) in [5, 5.41) is 16.6. The molecule has 1 fully saturated rings. The average Bonchev–Trinajstić information content (AvgIpc) is 3.22. The summed E-state index contributed by atoms with van der Waals surface area (Å²) >= 11 is 0. The van der Waals surface area contributed by atoms with E-state index in [0.29, 0.717) is 30.7 Å². The molecule has 0 radical (unpaired) electrons. The molecule has 1 atom stereocenters. The molecule has 2 aliphatic rings. The molecule has 1 saturated carbocycles. The highest BCUT2D eigenvalue weighted by Crippen LogP contribution is 2.49. The quantitative estimate of drug-likeness (QED) is 0.115. The Kier molecular flexibility index (Phi) is 9.18. The standard InChI is InChI=1S/C31H39F2N7O2/c1-5-6-25(19-7-9-20(10-8-19)28(41)36-18-26(34)38-39-35)40-29(42)27(21-11-12-23(32)24(33)17-21)37-31(40)15-13-22(14-16-31)30(2,3)4/h7-12,17,22,25H,5-6,13-16,18H2,1-4H3,(H,36,41)(H3,34,35,38). The Hall–Kier alpha value is -4.02. The summed E-state index contributed by atoms with van der Waals surface area (Å²) in [4.78, 5) is 33.7. The molecular weight excluding hydrogens is 540 g/mol. The molecule has 4 rings (SSSR count). The molecule has 1 aliphatic carbocycles. The van der Waals surface area contributed by atoms with Gasteiger partial charge in [0.15, 0.2) is 17.5 Å². The fourth-order valence-corrected chi connectivity index (χ4v) is 6.12. The van der Waals surface area contributed by atoms with Crippen LogP contribution in [-0.2, 0) is 4.79 Å². The highest BCUT2D eigenvalue weighted by Gasteiger charge is 2.52. The maximum atomic E-state index is 14.2. The van der Waals surface area contributed by atoms with Gasteiger partial charge in [-0.2, -0.15) is 0 Å². The van der Waals surface area contributed by atoms with Crippen LogP contribution in [0.2, 0.25) is 0 Å². The molecule has 224 valence electrons. The fourth-order valence-electron chi connectivity index (χ4n) is 6.12. The van der Waals surface area contributed by atoms with E-state index in [1.54, 1.807) is 12.1 Å². The minimum Gasteiger partial charge on any atom is -0.345 e. The molecule has 1 aliphatic heterocycles. The first-order valence-corrected chi connectivity index (χ1v) is 14.4. The second-order valence-electron chi connectivity index (χ2n) is 12.2. The van der Waals surface area contributed by atoms with Crippen LogP contribution < -0.4 is 11.2 Å².